The minimum absolute atomic E-state index is 0.860. The van der Waals surface area contributed by atoms with Gasteiger partial charge in [-0.1, -0.05) is 30.3 Å². The van der Waals surface area contributed by atoms with Gasteiger partial charge in [0, 0.05) is 24.5 Å². The summed E-state index contributed by atoms with van der Waals surface area (Å²) in [5.41, 5.74) is 3.24. The Kier molecular flexibility index (Phi) is 2.80. The molecule has 1 N–H and O–H groups in total. The molecule has 0 radical (unpaired) electrons. The Bertz CT molecular complexity index is 689. The molecule has 4 heteroatoms. The molecule has 0 saturated carbocycles. The van der Waals surface area contributed by atoms with E-state index in [1.165, 1.54) is 0 Å². The summed E-state index contributed by atoms with van der Waals surface area (Å²) in [5.74, 6) is 0.945. The molecule has 0 fully saturated rings. The Morgan fingerprint density at radius 1 is 1.17 bits per heavy atom. The maximum atomic E-state index is 4.59. The fourth-order valence-electron chi connectivity index (χ4n) is 1.99. The van der Waals surface area contributed by atoms with Crippen molar-refractivity contribution in [3.05, 3.63) is 53.3 Å². The van der Waals surface area contributed by atoms with Gasteiger partial charge >= 0.3 is 0 Å². The van der Waals surface area contributed by atoms with Crippen LogP contribution in [0, 0.1) is 0 Å². The highest BCUT2D eigenvalue weighted by Gasteiger charge is 2.10. The van der Waals surface area contributed by atoms with Crippen LogP contribution >= 0.6 is 15.9 Å². The first-order valence-corrected chi connectivity index (χ1v) is 6.49. The Balaban J connectivity index is 2.26. The summed E-state index contributed by atoms with van der Waals surface area (Å²) in [5, 5.41) is 3.13. The van der Waals surface area contributed by atoms with Crippen molar-refractivity contribution in [3.63, 3.8) is 0 Å². The number of benzene rings is 1. The molecule has 0 unspecified atom stereocenters. The number of rotatable bonds is 2. The second kappa shape index (κ2) is 4.46. The van der Waals surface area contributed by atoms with Crippen molar-refractivity contribution in [2.24, 2.45) is 0 Å². The van der Waals surface area contributed by atoms with Crippen LogP contribution in [0.5, 0.6) is 0 Å². The molecule has 0 atom stereocenters. The van der Waals surface area contributed by atoms with Gasteiger partial charge in [-0.2, -0.15) is 0 Å². The first-order chi connectivity index (χ1) is 8.79. The van der Waals surface area contributed by atoms with E-state index >= 15 is 0 Å². The smallest absolute Gasteiger partial charge is 0.145 e. The van der Waals surface area contributed by atoms with Crippen LogP contribution in [-0.2, 0) is 0 Å². The first-order valence-electron chi connectivity index (χ1n) is 5.70. The van der Waals surface area contributed by atoms with Crippen LogP contribution in [0.25, 0.3) is 16.9 Å². The van der Waals surface area contributed by atoms with Gasteiger partial charge < -0.3 is 5.32 Å². The summed E-state index contributed by atoms with van der Waals surface area (Å²) in [4.78, 5) is 4.59. The van der Waals surface area contributed by atoms with Gasteiger partial charge in [0.2, 0.25) is 0 Å². The minimum atomic E-state index is 0.860. The van der Waals surface area contributed by atoms with E-state index in [1.807, 2.05) is 37.5 Å². The molecule has 3 nitrogen and oxygen atoms in total. The lowest BCUT2D eigenvalue weighted by Gasteiger charge is -2.03. The fraction of sp³-hybridized carbons (Fsp3) is 0.0714. The number of anilines is 1. The van der Waals surface area contributed by atoms with Gasteiger partial charge in [0.25, 0.3) is 0 Å². The number of fused-ring (bicyclic) bond motifs is 1. The van der Waals surface area contributed by atoms with Crippen molar-refractivity contribution in [1.29, 1.82) is 0 Å². The van der Waals surface area contributed by atoms with Crippen LogP contribution < -0.4 is 5.32 Å². The van der Waals surface area contributed by atoms with Gasteiger partial charge in [-0.3, -0.25) is 4.40 Å². The van der Waals surface area contributed by atoms with E-state index in [4.69, 9.17) is 0 Å². The normalized spacial score (nSPS) is 10.8. The van der Waals surface area contributed by atoms with Crippen LogP contribution in [0.4, 0.5) is 5.69 Å². The molecule has 1 aromatic carbocycles. The molecule has 90 valence electrons. The Labute approximate surface area is 114 Å². The molecule has 0 bridgehead atoms. The van der Waals surface area contributed by atoms with E-state index < -0.39 is 0 Å². The lowest BCUT2D eigenvalue weighted by atomic mass is 10.2. The molecule has 0 saturated heterocycles. The molecule has 3 aromatic rings. The van der Waals surface area contributed by atoms with Crippen LogP contribution in [0.15, 0.2) is 53.3 Å². The molecule has 18 heavy (non-hydrogen) atoms. The van der Waals surface area contributed by atoms with Crippen molar-refractivity contribution in [2.45, 2.75) is 0 Å². The van der Waals surface area contributed by atoms with Crippen molar-refractivity contribution >= 4 is 27.1 Å². The molecule has 0 aliphatic rings. The van der Waals surface area contributed by atoms with E-state index in [1.54, 1.807) is 0 Å². The second-order valence-corrected chi connectivity index (χ2v) is 4.76. The predicted molar refractivity (Wildman–Crippen MR) is 77.9 cm³/mol. The van der Waals surface area contributed by atoms with Crippen molar-refractivity contribution in [2.75, 3.05) is 12.4 Å². The summed E-state index contributed by atoms with van der Waals surface area (Å²) < 4.78 is 2.94. The van der Waals surface area contributed by atoms with Crippen molar-refractivity contribution in [3.8, 4) is 11.4 Å². The number of pyridine rings is 1. The van der Waals surface area contributed by atoms with Crippen LogP contribution in [0.2, 0.25) is 0 Å². The zero-order valence-electron chi connectivity index (χ0n) is 9.89. The lowest BCUT2D eigenvalue weighted by molar-refractivity contribution is 1.16. The van der Waals surface area contributed by atoms with E-state index in [-0.39, 0.29) is 0 Å². The van der Waals surface area contributed by atoms with E-state index in [0.29, 0.717) is 0 Å². The van der Waals surface area contributed by atoms with E-state index in [2.05, 4.69) is 48.8 Å². The number of nitrogens with zero attached hydrogens (tertiary/aromatic N) is 2. The largest absolute Gasteiger partial charge is 0.388 e. The predicted octanol–water partition coefficient (Wildman–Crippen LogP) is 3.81. The lowest BCUT2D eigenvalue weighted by Crippen LogP contribution is -1.92. The highest BCUT2D eigenvalue weighted by atomic mass is 79.9. The fourth-order valence-corrected chi connectivity index (χ4v) is 2.47. The van der Waals surface area contributed by atoms with Gasteiger partial charge in [0.1, 0.15) is 10.4 Å². The number of nitrogens with one attached hydrogen (secondary N) is 1. The van der Waals surface area contributed by atoms with Crippen LogP contribution in [-0.4, -0.2) is 16.4 Å². The molecule has 2 aromatic heterocycles. The van der Waals surface area contributed by atoms with Crippen molar-refractivity contribution in [1.82, 2.24) is 9.38 Å². The highest BCUT2D eigenvalue weighted by Crippen LogP contribution is 2.27. The Hall–Kier alpha value is -1.81. The number of aromatic nitrogens is 2. The summed E-state index contributed by atoms with van der Waals surface area (Å²) >= 11 is 3.52. The Morgan fingerprint density at radius 2 is 1.94 bits per heavy atom. The number of hydrogen-bond acceptors (Lipinski definition) is 2. The van der Waals surface area contributed by atoms with E-state index in [9.17, 15) is 0 Å². The summed E-state index contributed by atoms with van der Waals surface area (Å²) in [6.45, 7) is 0. The number of halogens is 1. The molecule has 0 amide bonds. The van der Waals surface area contributed by atoms with Gasteiger partial charge in [-0.25, -0.2) is 4.98 Å². The second-order valence-electron chi connectivity index (χ2n) is 4.01. The molecule has 0 aliphatic carbocycles. The van der Waals surface area contributed by atoms with Gasteiger partial charge in [-0.05, 0) is 28.1 Å². The van der Waals surface area contributed by atoms with Gasteiger partial charge in [0.15, 0.2) is 0 Å². The quantitative estimate of drug-likeness (QED) is 0.780. The van der Waals surface area contributed by atoms with E-state index in [0.717, 1.165) is 27.2 Å². The molecular formula is C14H12BrN3. The highest BCUT2D eigenvalue weighted by molar-refractivity contribution is 9.10. The third-order valence-corrected chi connectivity index (χ3v) is 3.50. The number of hydrogen-bond donors (Lipinski definition) is 1. The third kappa shape index (κ3) is 1.78. The van der Waals surface area contributed by atoms with Crippen LogP contribution in [0.3, 0.4) is 0 Å². The summed E-state index contributed by atoms with van der Waals surface area (Å²) in [7, 11) is 1.91. The SMILES string of the molecule is CNc1ccn2c(-c3ccccc3)nc(Br)c2c1. The maximum Gasteiger partial charge on any atom is 0.145 e. The molecule has 0 spiro atoms. The average Bonchev–Trinajstić information content (AvgIpc) is 2.77. The average molecular weight is 302 g/mol. The molecule has 2 heterocycles. The standard InChI is InChI=1S/C14H12BrN3/c1-16-11-7-8-18-12(9-11)13(15)17-14(18)10-5-3-2-4-6-10/h2-9,16H,1H3. The maximum absolute atomic E-state index is 4.59. The topological polar surface area (TPSA) is 29.3 Å². The van der Waals surface area contributed by atoms with Gasteiger partial charge in [-0.15, -0.1) is 0 Å². The van der Waals surface area contributed by atoms with Gasteiger partial charge in [0.05, 0.1) is 5.52 Å². The molecular weight excluding hydrogens is 290 g/mol. The first kappa shape index (κ1) is 11.3. The number of imidazole rings is 1. The third-order valence-electron chi connectivity index (χ3n) is 2.92. The minimum Gasteiger partial charge on any atom is -0.388 e. The Morgan fingerprint density at radius 3 is 2.67 bits per heavy atom. The zero-order valence-corrected chi connectivity index (χ0v) is 11.5. The van der Waals surface area contributed by atoms with Crippen LogP contribution in [0.1, 0.15) is 0 Å². The molecule has 0 aliphatic heterocycles. The summed E-state index contributed by atoms with van der Waals surface area (Å²) in [6.07, 6.45) is 2.03. The van der Waals surface area contributed by atoms with Crippen molar-refractivity contribution < 1.29 is 0 Å². The zero-order chi connectivity index (χ0) is 12.5. The summed E-state index contributed by atoms with van der Waals surface area (Å²) in [6, 6.07) is 14.3. The monoisotopic (exact) mass is 301 g/mol. The molecule has 3 rings (SSSR count).